The maximum Gasteiger partial charge on any atom is 0.306 e. The lowest BCUT2D eigenvalue weighted by molar-refractivity contribution is -0.889. The van der Waals surface area contributed by atoms with Crippen molar-refractivity contribution in [2.75, 3.05) is 41.0 Å². The van der Waals surface area contributed by atoms with E-state index in [4.69, 9.17) is 14.2 Å². The summed E-state index contributed by atoms with van der Waals surface area (Å²) >= 11 is 0. The van der Waals surface area contributed by atoms with Crippen molar-refractivity contribution in [2.45, 2.75) is 187 Å². The third kappa shape index (κ3) is 43.3. The quantitative estimate of drug-likeness (QED) is 0.0260. The summed E-state index contributed by atoms with van der Waals surface area (Å²) in [6, 6.07) is -0.742. The highest BCUT2D eigenvalue weighted by molar-refractivity contribution is 5.70. The van der Waals surface area contributed by atoms with Crippen LogP contribution in [-0.4, -0.2) is 75.5 Å². The van der Waals surface area contributed by atoms with Gasteiger partial charge in [-0.25, -0.2) is 0 Å². The molecule has 0 aliphatic heterocycles. The Kier molecular flexibility index (Phi) is 42.7. The molecule has 0 N–H and O–H groups in total. The molecule has 0 spiro atoms. The second-order valence-electron chi connectivity index (χ2n) is 17.3. The van der Waals surface area contributed by atoms with E-state index in [-0.39, 0.29) is 49.1 Å². The molecule has 0 radical (unpaired) electrons. The second-order valence-corrected chi connectivity index (χ2v) is 17.3. The van der Waals surface area contributed by atoms with Crippen LogP contribution in [0.2, 0.25) is 0 Å². The van der Waals surface area contributed by atoms with Crippen LogP contribution in [0, 0.1) is 0 Å². The Labute approximate surface area is 391 Å². The molecule has 0 saturated heterocycles. The van der Waals surface area contributed by atoms with Gasteiger partial charge in [0.25, 0.3) is 0 Å². The topological polar surface area (TPSA) is 102 Å². The Balaban J connectivity index is 4.39. The van der Waals surface area contributed by atoms with Crippen LogP contribution in [0.4, 0.5) is 0 Å². The maximum absolute atomic E-state index is 12.8. The molecule has 0 aliphatic rings. The molecular weight excluding hydrogens is 799 g/mol. The zero-order valence-corrected chi connectivity index (χ0v) is 41.2. The van der Waals surface area contributed by atoms with E-state index < -0.39 is 18.1 Å². The van der Waals surface area contributed by atoms with Gasteiger partial charge in [0.05, 0.1) is 40.3 Å². The molecule has 8 nitrogen and oxygen atoms in total. The summed E-state index contributed by atoms with van der Waals surface area (Å²) in [7, 11) is 5.38. The molecule has 0 saturated carbocycles. The number of nitrogens with zero attached hydrogens (tertiary/aromatic N) is 1. The summed E-state index contributed by atoms with van der Waals surface area (Å²) in [6.45, 7) is 4.37. The fourth-order valence-corrected chi connectivity index (χ4v) is 6.62. The molecule has 2 atom stereocenters. The molecular formula is C56H91NO7. The first-order valence-corrected chi connectivity index (χ1v) is 24.9. The van der Waals surface area contributed by atoms with E-state index in [0.29, 0.717) is 12.8 Å². The number of aliphatic carboxylic acids is 1. The van der Waals surface area contributed by atoms with E-state index in [1.54, 1.807) is 21.1 Å². The summed E-state index contributed by atoms with van der Waals surface area (Å²) in [5.41, 5.74) is 0. The number of hydrogen-bond donors (Lipinski definition) is 0. The molecule has 0 aromatic carbocycles. The Hall–Kier alpha value is -4.01. The Morgan fingerprint density at radius 1 is 0.469 bits per heavy atom. The fraction of sp³-hybridized carbons (Fsp3) is 0.625. The van der Waals surface area contributed by atoms with Crippen molar-refractivity contribution >= 4 is 17.9 Å². The number of carbonyl (C=O) groups excluding carboxylic acids is 3. The Morgan fingerprint density at radius 2 is 0.828 bits per heavy atom. The minimum atomic E-state index is -1.14. The molecule has 0 heterocycles. The van der Waals surface area contributed by atoms with Crippen LogP contribution in [0.3, 0.4) is 0 Å². The van der Waals surface area contributed by atoms with Crippen molar-refractivity contribution in [3.8, 4) is 0 Å². The van der Waals surface area contributed by atoms with Crippen molar-refractivity contribution in [2.24, 2.45) is 0 Å². The number of quaternary nitrogens is 1. The molecule has 0 aromatic rings. The van der Waals surface area contributed by atoms with E-state index in [1.165, 1.54) is 38.5 Å². The summed E-state index contributed by atoms with van der Waals surface area (Å²) in [6.07, 6.45) is 62.6. The second kappa shape index (κ2) is 45.6. The number of likely N-dealkylation sites (N-methyl/N-ethyl adjacent to an activating group) is 1. The predicted octanol–water partition coefficient (Wildman–Crippen LogP) is 13.1. The van der Waals surface area contributed by atoms with Gasteiger partial charge in [-0.15, -0.1) is 0 Å². The lowest BCUT2D eigenvalue weighted by atomic mass is 10.1. The number of unbranched alkanes of at least 4 members (excludes halogenated alkanes) is 11. The van der Waals surface area contributed by atoms with Gasteiger partial charge in [-0.3, -0.25) is 9.59 Å². The maximum atomic E-state index is 12.8. The van der Waals surface area contributed by atoms with E-state index in [1.807, 2.05) is 0 Å². The molecule has 0 rings (SSSR count). The first kappa shape index (κ1) is 60.0. The van der Waals surface area contributed by atoms with Gasteiger partial charge >= 0.3 is 11.9 Å². The van der Waals surface area contributed by atoms with Gasteiger partial charge in [0.1, 0.15) is 12.6 Å². The standard InChI is InChI=1S/C56H91NO7/c1-6-8-10-12-14-16-18-20-22-24-26-27-29-31-33-35-37-39-41-43-45-47-55(59)64-52(50-62-49-48-53(56(60)61)57(3,4)5)51-63-54(58)46-44-42-40-38-36-34-32-30-28-25-23-21-19-17-15-13-11-9-7-2/h8-11,14-17,20-23,26-27,31,33,37,39,52-53H,6-7,12-13,18-19,24-25,28-30,32,34-36,38,40-51H2,1-5H3/b10-8+,11-9+,16-14+,17-15+,22-20+,23-21+,27-26+,33-31+,39-37+. The summed E-state index contributed by atoms with van der Waals surface area (Å²) < 4.78 is 17.2. The van der Waals surface area contributed by atoms with Crippen molar-refractivity contribution < 1.29 is 38.2 Å². The smallest absolute Gasteiger partial charge is 0.306 e. The van der Waals surface area contributed by atoms with Gasteiger partial charge in [-0.05, 0) is 96.3 Å². The van der Waals surface area contributed by atoms with E-state index in [2.05, 4.69) is 123 Å². The van der Waals surface area contributed by atoms with Crippen LogP contribution >= 0.6 is 0 Å². The minimum absolute atomic E-state index is 0.0141. The molecule has 0 amide bonds. The van der Waals surface area contributed by atoms with Gasteiger partial charge in [0, 0.05) is 19.3 Å². The number of allylic oxidation sites excluding steroid dienone is 18. The number of carboxylic acid groups (broad SMARTS) is 1. The average Bonchev–Trinajstić information content (AvgIpc) is 3.26. The monoisotopic (exact) mass is 890 g/mol. The number of rotatable bonds is 43. The molecule has 0 aromatic heterocycles. The Bertz CT molecular complexity index is 1410. The number of carbonyl (C=O) groups is 3. The third-order valence-electron chi connectivity index (χ3n) is 10.4. The van der Waals surface area contributed by atoms with Crippen LogP contribution in [0.25, 0.3) is 0 Å². The SMILES string of the molecule is CC/C=C/C/C=C/C/C=C/C/C=C/C/C=C/C/C=C/CCCCC(=O)OC(COCCC(C(=O)[O-])[N+](C)(C)C)COC(=O)CCCCCCCCCCC/C=C/C/C=C/C/C=C/CC. The summed E-state index contributed by atoms with van der Waals surface area (Å²) in [4.78, 5) is 37.0. The number of carboxylic acids is 1. The lowest BCUT2D eigenvalue weighted by Crippen LogP contribution is -2.55. The van der Waals surface area contributed by atoms with Crippen molar-refractivity contribution in [3.63, 3.8) is 0 Å². The summed E-state index contributed by atoms with van der Waals surface area (Å²) in [5, 5.41) is 11.7. The fourth-order valence-electron chi connectivity index (χ4n) is 6.62. The van der Waals surface area contributed by atoms with Crippen LogP contribution in [0.15, 0.2) is 109 Å². The number of hydrogen-bond acceptors (Lipinski definition) is 7. The molecule has 8 heteroatoms. The largest absolute Gasteiger partial charge is 0.544 e. The van der Waals surface area contributed by atoms with Crippen LogP contribution in [0.1, 0.15) is 174 Å². The van der Waals surface area contributed by atoms with Crippen LogP contribution < -0.4 is 5.11 Å². The van der Waals surface area contributed by atoms with Gasteiger partial charge in [-0.1, -0.05) is 168 Å². The summed E-state index contributed by atoms with van der Waals surface area (Å²) in [5.74, 6) is -1.81. The molecule has 0 fully saturated rings. The molecule has 2 unspecified atom stereocenters. The molecule has 64 heavy (non-hydrogen) atoms. The first-order chi connectivity index (χ1) is 31.1. The molecule has 0 bridgehead atoms. The number of ether oxygens (including phenoxy) is 3. The van der Waals surface area contributed by atoms with Crippen molar-refractivity contribution in [1.29, 1.82) is 0 Å². The van der Waals surface area contributed by atoms with E-state index in [9.17, 15) is 19.5 Å². The highest BCUT2D eigenvalue weighted by atomic mass is 16.6. The zero-order chi connectivity index (χ0) is 47.0. The van der Waals surface area contributed by atoms with Gasteiger partial charge in [0.2, 0.25) is 0 Å². The molecule has 362 valence electrons. The predicted molar refractivity (Wildman–Crippen MR) is 268 cm³/mol. The van der Waals surface area contributed by atoms with Gasteiger partial charge < -0.3 is 28.6 Å². The molecule has 0 aliphatic carbocycles. The zero-order valence-electron chi connectivity index (χ0n) is 41.2. The highest BCUT2D eigenvalue weighted by Gasteiger charge is 2.25. The Morgan fingerprint density at radius 3 is 1.25 bits per heavy atom. The third-order valence-corrected chi connectivity index (χ3v) is 10.4. The van der Waals surface area contributed by atoms with Gasteiger partial charge in [-0.2, -0.15) is 0 Å². The van der Waals surface area contributed by atoms with Crippen LogP contribution in [-0.2, 0) is 28.6 Å². The lowest BCUT2D eigenvalue weighted by Gasteiger charge is -2.34. The van der Waals surface area contributed by atoms with Crippen molar-refractivity contribution in [3.05, 3.63) is 109 Å². The first-order valence-electron chi connectivity index (χ1n) is 24.9. The van der Waals surface area contributed by atoms with E-state index >= 15 is 0 Å². The van der Waals surface area contributed by atoms with Crippen molar-refractivity contribution in [1.82, 2.24) is 0 Å². The van der Waals surface area contributed by atoms with E-state index in [0.717, 1.165) is 96.3 Å². The number of esters is 2. The normalized spacial score (nSPS) is 13.8. The van der Waals surface area contributed by atoms with Crippen LogP contribution in [0.5, 0.6) is 0 Å². The average molecular weight is 890 g/mol. The van der Waals surface area contributed by atoms with Gasteiger partial charge in [0.15, 0.2) is 6.10 Å². The highest BCUT2D eigenvalue weighted by Crippen LogP contribution is 2.13. The minimum Gasteiger partial charge on any atom is -0.544 e.